The van der Waals surface area contributed by atoms with Crippen LogP contribution in [0.5, 0.6) is 0 Å². The lowest BCUT2D eigenvalue weighted by molar-refractivity contribution is 0.232. The van der Waals surface area contributed by atoms with Crippen LogP contribution in [0.25, 0.3) is 0 Å². The first-order chi connectivity index (χ1) is 9.56. The summed E-state index contributed by atoms with van der Waals surface area (Å²) in [6.45, 7) is 18.4. The van der Waals surface area contributed by atoms with Crippen LogP contribution >= 0.6 is 0 Å². The van der Waals surface area contributed by atoms with Gasteiger partial charge in [-0.15, -0.1) is 0 Å². The molecule has 1 aliphatic carbocycles. The summed E-state index contributed by atoms with van der Waals surface area (Å²) in [5, 5.41) is 0. The topological polar surface area (TPSA) is 12.4 Å². The third kappa shape index (κ3) is 2.93. The van der Waals surface area contributed by atoms with Crippen LogP contribution in [0.2, 0.25) is 0 Å². The first-order valence-electron chi connectivity index (χ1n) is 8.29. The molecule has 0 bridgehead atoms. The predicted molar refractivity (Wildman–Crippen MR) is 93.9 cm³/mol. The zero-order valence-corrected chi connectivity index (χ0v) is 15.0. The monoisotopic (exact) mass is 285 g/mol. The van der Waals surface area contributed by atoms with Gasteiger partial charge in [-0.3, -0.25) is 4.99 Å². The van der Waals surface area contributed by atoms with Crippen molar-refractivity contribution in [2.75, 3.05) is 0 Å². The molecule has 0 aliphatic heterocycles. The van der Waals surface area contributed by atoms with E-state index < -0.39 is 0 Å². The summed E-state index contributed by atoms with van der Waals surface area (Å²) in [6.07, 6.45) is 1.22. The number of aliphatic imine (C=N–C) groups is 1. The molecule has 1 heteroatoms. The van der Waals surface area contributed by atoms with Crippen LogP contribution < -0.4 is 0 Å². The van der Waals surface area contributed by atoms with Crippen LogP contribution in [0.15, 0.2) is 23.2 Å². The fraction of sp³-hybridized carbons (Fsp3) is 0.650. The van der Waals surface area contributed by atoms with E-state index in [0.717, 1.165) is 0 Å². The molecule has 1 aromatic rings. The average Bonchev–Trinajstić information content (AvgIpc) is 2.33. The molecule has 21 heavy (non-hydrogen) atoms. The largest absolute Gasteiger partial charge is 0.256 e. The maximum Gasteiger partial charge on any atom is 0.0698 e. The van der Waals surface area contributed by atoms with Crippen molar-refractivity contribution in [3.05, 3.63) is 29.3 Å². The summed E-state index contributed by atoms with van der Waals surface area (Å²) in [7, 11) is 0. The van der Waals surface area contributed by atoms with Crippen molar-refractivity contribution in [1.82, 2.24) is 0 Å². The molecule has 1 fully saturated rings. The molecule has 2 rings (SSSR count). The van der Waals surface area contributed by atoms with Crippen LogP contribution in [-0.2, 0) is 0 Å². The minimum atomic E-state index is 0.238. The highest BCUT2D eigenvalue weighted by atomic mass is 14.8. The number of para-hydroxylation sites is 1. The van der Waals surface area contributed by atoms with Gasteiger partial charge in [-0.05, 0) is 29.4 Å². The molecule has 0 N–H and O–H groups in total. The quantitative estimate of drug-likeness (QED) is 0.604. The first-order valence-corrected chi connectivity index (χ1v) is 8.29. The van der Waals surface area contributed by atoms with Gasteiger partial charge < -0.3 is 0 Å². The maximum atomic E-state index is 5.23. The highest BCUT2D eigenvalue weighted by molar-refractivity contribution is 6.01. The van der Waals surface area contributed by atoms with Crippen molar-refractivity contribution in [1.29, 1.82) is 0 Å². The Labute approximate surface area is 130 Å². The van der Waals surface area contributed by atoms with E-state index in [-0.39, 0.29) is 10.8 Å². The van der Waals surface area contributed by atoms with Gasteiger partial charge in [-0.25, -0.2) is 0 Å². The SMILES string of the molecule is CC(C)c1cccc(C(C)C)c1N=C1C(C)(C)CC1(C)C. The Balaban J connectivity index is 2.62. The summed E-state index contributed by atoms with van der Waals surface area (Å²) in [6, 6.07) is 6.68. The van der Waals surface area contributed by atoms with Crippen molar-refractivity contribution in [2.24, 2.45) is 15.8 Å². The van der Waals surface area contributed by atoms with E-state index in [2.05, 4.69) is 73.6 Å². The summed E-state index contributed by atoms with van der Waals surface area (Å²) in [5.41, 5.74) is 5.84. The van der Waals surface area contributed by atoms with Crippen LogP contribution in [-0.4, -0.2) is 5.71 Å². The van der Waals surface area contributed by atoms with Gasteiger partial charge in [0.2, 0.25) is 0 Å². The van der Waals surface area contributed by atoms with Crippen LogP contribution in [0, 0.1) is 10.8 Å². The highest BCUT2D eigenvalue weighted by Crippen LogP contribution is 2.52. The minimum Gasteiger partial charge on any atom is -0.256 e. The third-order valence-electron chi connectivity index (χ3n) is 4.73. The minimum absolute atomic E-state index is 0.238. The number of nitrogens with zero attached hydrogens (tertiary/aromatic N) is 1. The molecular weight excluding hydrogens is 254 g/mol. The van der Waals surface area contributed by atoms with Crippen molar-refractivity contribution in [2.45, 2.75) is 73.6 Å². The molecule has 1 saturated carbocycles. The Morgan fingerprint density at radius 1 is 0.857 bits per heavy atom. The highest BCUT2D eigenvalue weighted by Gasteiger charge is 2.49. The molecule has 1 aliphatic rings. The standard InChI is InChI=1S/C20H31N/c1-13(2)15-10-9-11-16(14(3)4)17(15)21-18-19(5,6)12-20(18,7)8/h9-11,13-14H,12H2,1-8H3. The lowest BCUT2D eigenvalue weighted by Gasteiger charge is -2.51. The Morgan fingerprint density at radius 2 is 1.29 bits per heavy atom. The predicted octanol–water partition coefficient (Wildman–Crippen LogP) is 6.46. The summed E-state index contributed by atoms with van der Waals surface area (Å²) < 4.78 is 0. The third-order valence-corrected chi connectivity index (χ3v) is 4.73. The fourth-order valence-electron chi connectivity index (χ4n) is 4.14. The summed E-state index contributed by atoms with van der Waals surface area (Å²) in [4.78, 5) is 5.23. The first kappa shape index (κ1) is 16.3. The van der Waals surface area contributed by atoms with Crippen molar-refractivity contribution in [3.8, 4) is 0 Å². The second-order valence-corrected chi connectivity index (χ2v) is 8.50. The number of hydrogen-bond donors (Lipinski definition) is 0. The molecule has 0 amide bonds. The molecule has 0 atom stereocenters. The van der Waals surface area contributed by atoms with E-state index in [4.69, 9.17) is 4.99 Å². The zero-order chi connectivity index (χ0) is 16.0. The van der Waals surface area contributed by atoms with Gasteiger partial charge >= 0.3 is 0 Å². The van der Waals surface area contributed by atoms with Crippen LogP contribution in [0.3, 0.4) is 0 Å². The fourth-order valence-corrected chi connectivity index (χ4v) is 4.14. The second-order valence-electron chi connectivity index (χ2n) is 8.50. The molecule has 1 nitrogen and oxygen atoms in total. The Bertz CT molecular complexity index is 517. The lowest BCUT2D eigenvalue weighted by atomic mass is 9.54. The normalized spacial score (nSPS) is 19.8. The molecule has 0 aromatic heterocycles. The van der Waals surface area contributed by atoms with Gasteiger partial charge in [0.05, 0.1) is 5.69 Å². The molecule has 116 valence electrons. The van der Waals surface area contributed by atoms with Gasteiger partial charge in [-0.2, -0.15) is 0 Å². The average molecular weight is 285 g/mol. The van der Waals surface area contributed by atoms with Gasteiger partial charge in [0.25, 0.3) is 0 Å². The lowest BCUT2D eigenvalue weighted by Crippen LogP contribution is -2.50. The molecule has 1 aromatic carbocycles. The number of benzene rings is 1. The Hall–Kier alpha value is -1.11. The zero-order valence-electron chi connectivity index (χ0n) is 15.0. The molecule has 0 spiro atoms. The van der Waals surface area contributed by atoms with Crippen LogP contribution in [0.4, 0.5) is 5.69 Å². The van der Waals surface area contributed by atoms with E-state index in [1.54, 1.807) is 0 Å². The summed E-state index contributed by atoms with van der Waals surface area (Å²) in [5.74, 6) is 1.02. The molecular formula is C20H31N. The van der Waals surface area contributed by atoms with E-state index in [1.165, 1.54) is 28.9 Å². The van der Waals surface area contributed by atoms with Gasteiger partial charge in [0, 0.05) is 16.5 Å². The van der Waals surface area contributed by atoms with E-state index in [0.29, 0.717) is 11.8 Å². The number of hydrogen-bond acceptors (Lipinski definition) is 1. The van der Waals surface area contributed by atoms with Crippen molar-refractivity contribution in [3.63, 3.8) is 0 Å². The van der Waals surface area contributed by atoms with Gasteiger partial charge in [0.1, 0.15) is 0 Å². The van der Waals surface area contributed by atoms with Crippen molar-refractivity contribution >= 4 is 11.4 Å². The van der Waals surface area contributed by atoms with E-state index in [1.807, 2.05) is 0 Å². The second kappa shape index (κ2) is 5.26. The van der Waals surface area contributed by atoms with E-state index in [9.17, 15) is 0 Å². The van der Waals surface area contributed by atoms with Crippen LogP contribution in [0.1, 0.15) is 84.8 Å². The smallest absolute Gasteiger partial charge is 0.0698 e. The molecule has 0 unspecified atom stereocenters. The van der Waals surface area contributed by atoms with E-state index >= 15 is 0 Å². The molecule has 0 saturated heterocycles. The summed E-state index contributed by atoms with van der Waals surface area (Å²) >= 11 is 0. The Kier molecular flexibility index (Phi) is 4.08. The molecule has 0 radical (unpaired) electrons. The Morgan fingerprint density at radius 3 is 1.62 bits per heavy atom. The number of rotatable bonds is 3. The van der Waals surface area contributed by atoms with Crippen molar-refractivity contribution < 1.29 is 0 Å². The van der Waals surface area contributed by atoms with Gasteiger partial charge in [-0.1, -0.05) is 73.6 Å². The van der Waals surface area contributed by atoms with Gasteiger partial charge in [0.15, 0.2) is 0 Å². The maximum absolute atomic E-state index is 5.23. The molecule has 0 heterocycles.